The van der Waals surface area contributed by atoms with E-state index in [1.807, 2.05) is 0 Å². The maximum absolute atomic E-state index is 12.2. The average Bonchev–Trinajstić information content (AvgIpc) is 3.27. The van der Waals surface area contributed by atoms with Crippen LogP contribution in [0.4, 0.5) is 11.4 Å². The van der Waals surface area contributed by atoms with E-state index in [1.165, 1.54) is 6.07 Å². The first kappa shape index (κ1) is 16.7. The number of rotatable bonds is 6. The second kappa shape index (κ2) is 6.39. The monoisotopic (exact) mass is 353 g/mol. The fourth-order valence-electron chi connectivity index (χ4n) is 2.77. The van der Waals surface area contributed by atoms with E-state index in [0.717, 1.165) is 12.8 Å². The van der Waals surface area contributed by atoms with Crippen LogP contribution in [0.3, 0.4) is 0 Å². The molecule has 0 spiro atoms. The Hall–Kier alpha value is -2.16. The van der Waals surface area contributed by atoms with E-state index < -0.39 is 20.7 Å². The Kier molecular flexibility index (Phi) is 4.44. The molecule has 3 rings (SSSR count). The fraction of sp³-hybridized carbons (Fsp3) is 0.533. The van der Waals surface area contributed by atoms with Crippen molar-refractivity contribution in [1.82, 2.24) is 5.32 Å². The summed E-state index contributed by atoms with van der Waals surface area (Å²) in [6.45, 7) is 0.258. The van der Waals surface area contributed by atoms with Crippen LogP contribution in [0.25, 0.3) is 0 Å². The highest BCUT2D eigenvalue weighted by Gasteiger charge is 2.29. The third kappa shape index (κ3) is 4.02. The summed E-state index contributed by atoms with van der Waals surface area (Å²) < 4.78 is 22.8. The SMILES string of the molecule is O=C(NCC1CCS(=O)(=O)C1)c1ccc(NC2CC2)c([N+](=O)[O-])c1. The largest absolute Gasteiger partial charge is 0.377 e. The summed E-state index contributed by atoms with van der Waals surface area (Å²) >= 11 is 0. The molecule has 1 aromatic rings. The van der Waals surface area contributed by atoms with E-state index in [9.17, 15) is 23.3 Å². The van der Waals surface area contributed by atoms with Crippen molar-refractivity contribution in [2.45, 2.75) is 25.3 Å². The molecule has 2 N–H and O–H groups in total. The van der Waals surface area contributed by atoms with Gasteiger partial charge in [0, 0.05) is 24.2 Å². The smallest absolute Gasteiger partial charge is 0.293 e. The summed E-state index contributed by atoms with van der Waals surface area (Å²) in [4.78, 5) is 22.9. The second-order valence-corrected chi connectivity index (χ2v) is 8.62. The quantitative estimate of drug-likeness (QED) is 0.588. The van der Waals surface area contributed by atoms with Crippen molar-refractivity contribution in [2.75, 3.05) is 23.4 Å². The van der Waals surface area contributed by atoms with Crippen molar-refractivity contribution in [3.8, 4) is 0 Å². The van der Waals surface area contributed by atoms with Crippen LogP contribution in [0.5, 0.6) is 0 Å². The molecular weight excluding hydrogens is 334 g/mol. The zero-order chi connectivity index (χ0) is 17.3. The van der Waals surface area contributed by atoms with Gasteiger partial charge in [0.25, 0.3) is 11.6 Å². The molecule has 0 bridgehead atoms. The number of carbonyl (C=O) groups is 1. The molecule has 1 atom stereocenters. The maximum atomic E-state index is 12.2. The Labute approximate surface area is 139 Å². The predicted molar refractivity (Wildman–Crippen MR) is 88.8 cm³/mol. The molecule has 2 aliphatic rings. The van der Waals surface area contributed by atoms with Gasteiger partial charge in [-0.2, -0.15) is 0 Å². The number of benzene rings is 1. The highest BCUT2D eigenvalue weighted by molar-refractivity contribution is 7.91. The normalized spacial score (nSPS) is 22.1. The number of carbonyl (C=O) groups excluding carboxylic acids is 1. The van der Waals surface area contributed by atoms with Crippen LogP contribution in [0, 0.1) is 16.0 Å². The molecule has 8 nitrogen and oxygen atoms in total. The molecule has 0 radical (unpaired) electrons. The average molecular weight is 353 g/mol. The lowest BCUT2D eigenvalue weighted by Crippen LogP contribution is -2.29. The number of nitro groups is 1. The zero-order valence-corrected chi connectivity index (χ0v) is 13.8. The molecule has 1 amide bonds. The van der Waals surface area contributed by atoms with E-state index >= 15 is 0 Å². The van der Waals surface area contributed by atoms with Gasteiger partial charge in [0.2, 0.25) is 0 Å². The third-order valence-corrected chi connectivity index (χ3v) is 6.11. The Balaban J connectivity index is 1.65. The number of nitrogens with zero attached hydrogens (tertiary/aromatic N) is 1. The van der Waals surface area contributed by atoms with Gasteiger partial charge in [-0.3, -0.25) is 14.9 Å². The van der Waals surface area contributed by atoms with Gasteiger partial charge >= 0.3 is 0 Å². The van der Waals surface area contributed by atoms with Crippen molar-refractivity contribution in [3.63, 3.8) is 0 Å². The van der Waals surface area contributed by atoms with Crippen molar-refractivity contribution < 1.29 is 18.1 Å². The minimum atomic E-state index is -2.99. The van der Waals surface area contributed by atoms with Crippen molar-refractivity contribution in [2.24, 2.45) is 5.92 Å². The second-order valence-electron chi connectivity index (χ2n) is 6.39. The number of nitrogens with one attached hydrogen (secondary N) is 2. The van der Waals surface area contributed by atoms with E-state index in [4.69, 9.17) is 0 Å². The van der Waals surface area contributed by atoms with E-state index in [1.54, 1.807) is 12.1 Å². The van der Waals surface area contributed by atoms with Crippen LogP contribution in [0.1, 0.15) is 29.6 Å². The zero-order valence-electron chi connectivity index (χ0n) is 13.0. The minimum Gasteiger partial charge on any atom is -0.377 e. The lowest BCUT2D eigenvalue weighted by atomic mass is 10.1. The van der Waals surface area contributed by atoms with Crippen molar-refractivity contribution >= 4 is 27.1 Å². The van der Waals surface area contributed by atoms with Gasteiger partial charge in [-0.15, -0.1) is 0 Å². The Morgan fingerprint density at radius 2 is 2.04 bits per heavy atom. The first-order valence-corrected chi connectivity index (χ1v) is 9.70. The van der Waals surface area contributed by atoms with Crippen LogP contribution >= 0.6 is 0 Å². The number of amides is 1. The molecule has 1 unspecified atom stereocenters. The highest BCUT2D eigenvalue weighted by Crippen LogP contribution is 2.31. The van der Waals surface area contributed by atoms with Crippen molar-refractivity contribution in [1.29, 1.82) is 0 Å². The molecule has 2 fully saturated rings. The number of hydrogen-bond donors (Lipinski definition) is 2. The molecule has 0 aromatic heterocycles. The predicted octanol–water partition coefficient (Wildman–Crippen LogP) is 1.33. The molecule has 1 aliphatic carbocycles. The molecule has 1 saturated carbocycles. The van der Waals surface area contributed by atoms with Crippen LogP contribution in [-0.4, -0.2) is 43.3 Å². The lowest BCUT2D eigenvalue weighted by Gasteiger charge is -2.11. The third-order valence-electron chi connectivity index (χ3n) is 4.27. The summed E-state index contributed by atoms with van der Waals surface area (Å²) in [5, 5.41) is 17.0. The van der Waals surface area contributed by atoms with Gasteiger partial charge < -0.3 is 10.6 Å². The Morgan fingerprint density at radius 1 is 1.29 bits per heavy atom. The standard InChI is InChI=1S/C15H19N3O5S/c19-15(16-8-10-5-6-24(22,23)9-10)11-1-4-13(17-12-2-3-12)14(7-11)18(20)21/h1,4,7,10,12,17H,2-3,5-6,8-9H2,(H,16,19). The van der Waals surface area contributed by atoms with Gasteiger partial charge in [0.05, 0.1) is 16.4 Å². The first-order chi connectivity index (χ1) is 11.3. The van der Waals surface area contributed by atoms with Crippen LogP contribution < -0.4 is 10.6 Å². The molecule has 9 heteroatoms. The topological polar surface area (TPSA) is 118 Å². The number of hydrogen-bond acceptors (Lipinski definition) is 6. The highest BCUT2D eigenvalue weighted by atomic mass is 32.2. The van der Waals surface area contributed by atoms with Crippen LogP contribution in [-0.2, 0) is 9.84 Å². The first-order valence-electron chi connectivity index (χ1n) is 7.88. The number of sulfone groups is 1. The van der Waals surface area contributed by atoms with Gasteiger partial charge in [-0.1, -0.05) is 0 Å². The molecule has 130 valence electrons. The van der Waals surface area contributed by atoms with Crippen LogP contribution in [0.2, 0.25) is 0 Å². The minimum absolute atomic E-state index is 0.0810. The summed E-state index contributed by atoms with van der Waals surface area (Å²) in [5.41, 5.74) is 0.489. The molecule has 1 saturated heterocycles. The molecule has 1 aliphatic heterocycles. The van der Waals surface area contributed by atoms with E-state index in [2.05, 4.69) is 10.6 Å². The maximum Gasteiger partial charge on any atom is 0.293 e. The van der Waals surface area contributed by atoms with Gasteiger partial charge in [0.15, 0.2) is 9.84 Å². The number of nitro benzene ring substituents is 1. The summed E-state index contributed by atoms with van der Waals surface area (Å²) in [5.74, 6) is -0.289. The molecule has 24 heavy (non-hydrogen) atoms. The Bertz CT molecular complexity index is 773. The molecule has 1 aromatic carbocycles. The van der Waals surface area contributed by atoms with Gasteiger partial charge in [-0.05, 0) is 37.3 Å². The summed E-state index contributed by atoms with van der Waals surface area (Å²) in [6, 6.07) is 4.61. The number of anilines is 1. The van der Waals surface area contributed by atoms with Crippen LogP contribution in [0.15, 0.2) is 18.2 Å². The lowest BCUT2D eigenvalue weighted by molar-refractivity contribution is -0.384. The van der Waals surface area contributed by atoms with Gasteiger partial charge in [-0.25, -0.2) is 8.42 Å². The van der Waals surface area contributed by atoms with E-state index in [-0.39, 0.29) is 41.3 Å². The van der Waals surface area contributed by atoms with Gasteiger partial charge in [0.1, 0.15) is 5.69 Å². The molecule has 1 heterocycles. The summed E-state index contributed by atoms with van der Waals surface area (Å²) in [6.07, 6.45) is 2.51. The fourth-order valence-corrected chi connectivity index (χ4v) is 4.63. The summed E-state index contributed by atoms with van der Waals surface area (Å²) in [7, 11) is -2.99. The Morgan fingerprint density at radius 3 is 2.62 bits per heavy atom. The van der Waals surface area contributed by atoms with Crippen molar-refractivity contribution in [3.05, 3.63) is 33.9 Å². The molecular formula is C15H19N3O5S. The van der Waals surface area contributed by atoms with E-state index in [0.29, 0.717) is 12.1 Å².